The van der Waals surface area contributed by atoms with Crippen molar-refractivity contribution in [2.45, 2.75) is 0 Å². The molecule has 0 aliphatic rings. The molecule has 3 heteroatoms. The van der Waals surface area contributed by atoms with Crippen molar-refractivity contribution in [3.63, 3.8) is 0 Å². The van der Waals surface area contributed by atoms with Crippen molar-refractivity contribution in [3.05, 3.63) is 128 Å². The molecular weight excluding hydrogens is 438 g/mol. The fourth-order valence-corrected chi connectivity index (χ4v) is 5.48. The summed E-state index contributed by atoms with van der Waals surface area (Å²) in [6, 6.07) is 34.4. The van der Waals surface area contributed by atoms with Gasteiger partial charge >= 0.3 is 0 Å². The lowest BCUT2D eigenvalue weighted by atomic mass is 10.0. The molecule has 0 saturated heterocycles. The molecule has 0 aliphatic heterocycles. The van der Waals surface area contributed by atoms with Crippen molar-refractivity contribution in [2.75, 3.05) is 0 Å². The molecule has 0 amide bonds. The number of hydrogen-bond donors (Lipinski definition) is 0. The minimum absolute atomic E-state index is 0.828. The lowest BCUT2D eigenvalue weighted by Crippen LogP contribution is -2.00. The fourth-order valence-electron chi connectivity index (χ4n) is 5.48. The Labute approximate surface area is 208 Å². The Hall–Kier alpha value is -4.89. The molecular formula is C33H23N3. The van der Waals surface area contributed by atoms with Crippen LogP contribution in [0, 0.1) is 0 Å². The number of para-hydroxylation sites is 2. The molecule has 0 fully saturated rings. The Morgan fingerprint density at radius 3 is 2.25 bits per heavy atom. The van der Waals surface area contributed by atoms with Gasteiger partial charge in [-0.2, -0.15) is 0 Å². The molecule has 0 N–H and O–H groups in total. The first-order valence-corrected chi connectivity index (χ1v) is 12.1. The largest absolute Gasteiger partial charge is 0.316 e. The summed E-state index contributed by atoms with van der Waals surface area (Å²) in [7, 11) is 0. The quantitative estimate of drug-likeness (QED) is 0.257. The molecule has 0 aliphatic carbocycles. The Balaban J connectivity index is 1.67. The molecule has 0 radical (unpaired) electrons. The van der Waals surface area contributed by atoms with Crippen LogP contribution in [0.25, 0.3) is 67.1 Å². The van der Waals surface area contributed by atoms with Gasteiger partial charge in [0.15, 0.2) is 0 Å². The van der Waals surface area contributed by atoms with E-state index in [1.807, 2.05) is 6.08 Å². The first-order chi connectivity index (χ1) is 17.8. The second-order valence-corrected chi connectivity index (χ2v) is 8.99. The normalized spacial score (nSPS) is 11.6. The van der Waals surface area contributed by atoms with Crippen LogP contribution in [0.5, 0.6) is 0 Å². The molecule has 170 valence electrons. The Morgan fingerprint density at radius 2 is 1.42 bits per heavy atom. The maximum Gasteiger partial charge on any atom is 0.138 e. The summed E-state index contributed by atoms with van der Waals surface area (Å²) in [5.74, 6) is 0.867. The van der Waals surface area contributed by atoms with Gasteiger partial charge in [0.05, 0.1) is 22.2 Å². The molecule has 7 rings (SSSR count). The van der Waals surface area contributed by atoms with E-state index in [9.17, 15) is 0 Å². The second-order valence-electron chi connectivity index (χ2n) is 8.99. The number of hydrogen-bond acceptors (Lipinski definition) is 1. The smallest absolute Gasteiger partial charge is 0.138 e. The molecule has 7 aromatic rings. The molecule has 0 saturated carbocycles. The van der Waals surface area contributed by atoms with Gasteiger partial charge in [-0.25, -0.2) is 4.98 Å². The average molecular weight is 462 g/mol. The molecule has 0 spiro atoms. The van der Waals surface area contributed by atoms with E-state index in [0.29, 0.717) is 0 Å². The van der Waals surface area contributed by atoms with E-state index < -0.39 is 0 Å². The highest BCUT2D eigenvalue weighted by molar-refractivity contribution is 6.27. The maximum atomic E-state index is 4.97. The van der Waals surface area contributed by atoms with Crippen LogP contribution in [0.3, 0.4) is 0 Å². The Morgan fingerprint density at radius 1 is 0.639 bits per heavy atom. The van der Waals surface area contributed by atoms with E-state index in [2.05, 4.69) is 126 Å². The van der Waals surface area contributed by atoms with Gasteiger partial charge in [-0.15, -0.1) is 0 Å². The van der Waals surface area contributed by atoms with E-state index in [4.69, 9.17) is 4.98 Å². The summed E-state index contributed by atoms with van der Waals surface area (Å²) in [5, 5.41) is 6.13. The van der Waals surface area contributed by atoms with Crippen LogP contribution in [-0.4, -0.2) is 14.1 Å². The molecule has 0 unspecified atom stereocenters. The van der Waals surface area contributed by atoms with Gasteiger partial charge < -0.3 is 4.57 Å². The van der Waals surface area contributed by atoms with Gasteiger partial charge in [0, 0.05) is 33.4 Å². The van der Waals surface area contributed by atoms with Crippen molar-refractivity contribution in [1.82, 2.24) is 14.1 Å². The number of fused-ring (bicyclic) bond motifs is 7. The molecule has 3 nitrogen and oxygen atoms in total. The third kappa shape index (κ3) is 2.83. The summed E-state index contributed by atoms with van der Waals surface area (Å²) in [6.45, 7) is 7.90. The molecule has 3 aromatic heterocycles. The van der Waals surface area contributed by atoms with Gasteiger partial charge in [-0.05, 0) is 59.5 Å². The minimum atomic E-state index is 0.828. The monoisotopic (exact) mass is 461 g/mol. The van der Waals surface area contributed by atoms with Gasteiger partial charge in [0.1, 0.15) is 5.82 Å². The number of pyridine rings is 1. The van der Waals surface area contributed by atoms with Gasteiger partial charge in [-0.3, -0.25) is 4.57 Å². The van der Waals surface area contributed by atoms with Gasteiger partial charge in [0.2, 0.25) is 0 Å². The number of benzene rings is 4. The van der Waals surface area contributed by atoms with Crippen molar-refractivity contribution in [2.24, 2.45) is 0 Å². The fraction of sp³-hybridized carbons (Fsp3) is 0. The molecule has 36 heavy (non-hydrogen) atoms. The zero-order chi connectivity index (χ0) is 24.2. The van der Waals surface area contributed by atoms with E-state index in [0.717, 1.165) is 33.8 Å². The predicted octanol–water partition coefficient (Wildman–Crippen LogP) is 8.56. The van der Waals surface area contributed by atoms with E-state index >= 15 is 0 Å². The lowest BCUT2D eigenvalue weighted by molar-refractivity contribution is 1.07. The standard InChI is InChI=1S/C33H23N3/c1-3-22-17-19-30(34-27(22)4-2)36-28-13-9-8-12-26(28)32-29(36)18-16-23-14-15-24-20-21-35(33(24)31(23)32)25-10-6-5-7-11-25/h3-21H,1-2H2. The number of rotatable bonds is 4. The summed E-state index contributed by atoms with van der Waals surface area (Å²) in [4.78, 5) is 4.97. The van der Waals surface area contributed by atoms with Crippen LogP contribution >= 0.6 is 0 Å². The van der Waals surface area contributed by atoms with Crippen molar-refractivity contribution < 1.29 is 0 Å². The predicted molar refractivity (Wildman–Crippen MR) is 153 cm³/mol. The summed E-state index contributed by atoms with van der Waals surface area (Å²) in [5.41, 5.74) is 6.43. The summed E-state index contributed by atoms with van der Waals surface area (Å²) in [6.07, 6.45) is 5.78. The highest BCUT2D eigenvalue weighted by atomic mass is 15.1. The van der Waals surface area contributed by atoms with Crippen molar-refractivity contribution in [1.29, 1.82) is 0 Å². The SMILES string of the molecule is C=Cc1ccc(-n2c3ccccc3c3c4c(ccc5ccn(-c6ccccc6)c54)ccc32)nc1C=C. The lowest BCUT2D eigenvalue weighted by Gasteiger charge is -2.11. The minimum Gasteiger partial charge on any atom is -0.316 e. The van der Waals surface area contributed by atoms with Crippen LogP contribution < -0.4 is 0 Å². The van der Waals surface area contributed by atoms with Crippen LogP contribution in [-0.2, 0) is 0 Å². The van der Waals surface area contributed by atoms with Crippen LogP contribution in [0.2, 0.25) is 0 Å². The van der Waals surface area contributed by atoms with Gasteiger partial charge in [0.25, 0.3) is 0 Å². The van der Waals surface area contributed by atoms with Crippen molar-refractivity contribution >= 4 is 55.6 Å². The third-order valence-electron chi connectivity index (χ3n) is 7.09. The van der Waals surface area contributed by atoms with E-state index in [-0.39, 0.29) is 0 Å². The van der Waals surface area contributed by atoms with Crippen LogP contribution in [0.1, 0.15) is 11.3 Å². The van der Waals surface area contributed by atoms with E-state index in [1.165, 1.54) is 32.4 Å². The Bertz CT molecular complexity index is 1970. The average Bonchev–Trinajstić information content (AvgIpc) is 3.52. The molecule has 0 atom stereocenters. The topological polar surface area (TPSA) is 22.8 Å². The highest BCUT2D eigenvalue weighted by Gasteiger charge is 2.18. The summed E-state index contributed by atoms with van der Waals surface area (Å²) < 4.78 is 4.56. The number of nitrogens with zero attached hydrogens (tertiary/aromatic N) is 3. The third-order valence-corrected chi connectivity index (χ3v) is 7.09. The maximum absolute atomic E-state index is 4.97. The molecule has 3 heterocycles. The highest BCUT2D eigenvalue weighted by Crippen LogP contribution is 2.40. The Kier molecular flexibility index (Phi) is 4.45. The molecule has 4 aromatic carbocycles. The summed E-state index contributed by atoms with van der Waals surface area (Å²) >= 11 is 0. The number of aromatic nitrogens is 3. The zero-order valence-corrected chi connectivity index (χ0v) is 19.7. The van der Waals surface area contributed by atoms with E-state index in [1.54, 1.807) is 6.08 Å². The first-order valence-electron chi connectivity index (χ1n) is 12.1. The molecule has 0 bridgehead atoms. The first kappa shape index (κ1) is 20.5. The van der Waals surface area contributed by atoms with Gasteiger partial charge in [-0.1, -0.05) is 73.8 Å². The van der Waals surface area contributed by atoms with Crippen molar-refractivity contribution in [3.8, 4) is 11.5 Å². The van der Waals surface area contributed by atoms with Crippen LogP contribution in [0.4, 0.5) is 0 Å². The second kappa shape index (κ2) is 7.82. The zero-order valence-electron chi connectivity index (χ0n) is 19.7. The van der Waals surface area contributed by atoms with Crippen LogP contribution in [0.15, 0.2) is 116 Å².